The van der Waals surface area contributed by atoms with E-state index >= 15 is 0 Å². The summed E-state index contributed by atoms with van der Waals surface area (Å²) in [7, 11) is -2.12. The highest BCUT2D eigenvalue weighted by Gasteiger charge is 2.39. The monoisotopic (exact) mass is 682 g/mol. The standard InChI is InChI=1S/C40H54N4O4Si/c1-39(2,3)49(6,7)48-38(32-15-22-37(36(25-32)43-29-45)46-27-31-11-9-8-10-12-31)26-42-24-23-30-13-16-33(17-14-30)44-34-18-20-35(21-19-34)47-28-40(4,5)41/h8-22,25,29,38,42,44H,23-24,26-28,41H2,1-7H3,(H,43,45)/t38-/m0/s1. The number of carbonyl (C=O) groups is 1. The second kappa shape index (κ2) is 17.0. The van der Waals surface area contributed by atoms with Crippen LogP contribution in [0.25, 0.3) is 0 Å². The Labute approximate surface area is 293 Å². The first-order valence-corrected chi connectivity index (χ1v) is 19.9. The van der Waals surface area contributed by atoms with E-state index in [0.29, 0.717) is 37.6 Å². The lowest BCUT2D eigenvalue weighted by molar-refractivity contribution is -0.105. The Balaban J connectivity index is 1.36. The lowest BCUT2D eigenvalue weighted by Gasteiger charge is -2.39. The van der Waals surface area contributed by atoms with E-state index in [-0.39, 0.29) is 16.7 Å². The van der Waals surface area contributed by atoms with E-state index in [2.05, 4.69) is 74.1 Å². The fraction of sp³-hybridized carbons (Fsp3) is 0.375. The molecule has 0 aromatic heterocycles. The van der Waals surface area contributed by atoms with E-state index in [1.54, 1.807) is 0 Å². The third-order valence-electron chi connectivity index (χ3n) is 8.70. The predicted octanol–water partition coefficient (Wildman–Crippen LogP) is 8.59. The van der Waals surface area contributed by atoms with Crippen LogP contribution in [-0.4, -0.2) is 40.0 Å². The zero-order valence-electron chi connectivity index (χ0n) is 30.1. The van der Waals surface area contributed by atoms with Gasteiger partial charge in [0.15, 0.2) is 8.32 Å². The van der Waals surface area contributed by atoms with Gasteiger partial charge in [0.05, 0.1) is 11.8 Å². The van der Waals surface area contributed by atoms with Gasteiger partial charge in [0.1, 0.15) is 24.7 Å². The highest BCUT2D eigenvalue weighted by molar-refractivity contribution is 6.74. The van der Waals surface area contributed by atoms with Crippen LogP contribution in [0, 0.1) is 0 Å². The Hall–Kier alpha value is -4.15. The van der Waals surface area contributed by atoms with Crippen LogP contribution in [0.15, 0.2) is 97.1 Å². The maximum atomic E-state index is 11.5. The Bertz CT molecular complexity index is 1600. The third kappa shape index (κ3) is 12.0. The van der Waals surface area contributed by atoms with Crippen molar-refractivity contribution in [2.24, 2.45) is 5.73 Å². The highest BCUT2D eigenvalue weighted by atomic mass is 28.4. The van der Waals surface area contributed by atoms with Gasteiger partial charge in [-0.2, -0.15) is 0 Å². The molecular formula is C40H54N4O4Si. The first-order valence-electron chi connectivity index (χ1n) is 17.0. The first-order chi connectivity index (χ1) is 23.2. The highest BCUT2D eigenvalue weighted by Crippen LogP contribution is 2.40. The molecule has 0 spiro atoms. The zero-order chi connectivity index (χ0) is 35.5. The molecule has 262 valence electrons. The first kappa shape index (κ1) is 37.7. The average Bonchev–Trinajstić information content (AvgIpc) is 3.05. The molecule has 0 unspecified atom stereocenters. The van der Waals surface area contributed by atoms with Crippen molar-refractivity contribution < 1.29 is 18.7 Å². The van der Waals surface area contributed by atoms with E-state index in [9.17, 15) is 4.79 Å². The molecule has 5 N–H and O–H groups in total. The van der Waals surface area contributed by atoms with Crippen LogP contribution >= 0.6 is 0 Å². The molecule has 0 saturated carbocycles. The number of amides is 1. The van der Waals surface area contributed by atoms with E-state index in [0.717, 1.165) is 41.2 Å². The van der Waals surface area contributed by atoms with Crippen molar-refractivity contribution in [3.8, 4) is 11.5 Å². The fourth-order valence-electron chi connectivity index (χ4n) is 4.84. The summed E-state index contributed by atoms with van der Waals surface area (Å²) >= 11 is 0. The van der Waals surface area contributed by atoms with Crippen LogP contribution in [0.3, 0.4) is 0 Å². The van der Waals surface area contributed by atoms with Crippen molar-refractivity contribution in [1.82, 2.24) is 5.32 Å². The number of carbonyl (C=O) groups excluding carboxylic acids is 1. The molecule has 4 rings (SSSR count). The number of benzene rings is 4. The zero-order valence-corrected chi connectivity index (χ0v) is 31.1. The molecule has 0 aliphatic rings. The second-order valence-electron chi connectivity index (χ2n) is 14.7. The number of nitrogens with one attached hydrogen (secondary N) is 3. The number of hydrogen-bond acceptors (Lipinski definition) is 7. The topological polar surface area (TPSA) is 107 Å². The van der Waals surface area contributed by atoms with Gasteiger partial charge < -0.3 is 35.6 Å². The molecule has 0 radical (unpaired) electrons. The summed E-state index contributed by atoms with van der Waals surface area (Å²) in [5, 5.41) is 9.97. The smallest absolute Gasteiger partial charge is 0.211 e. The molecule has 0 saturated heterocycles. The van der Waals surface area contributed by atoms with Crippen molar-refractivity contribution in [1.29, 1.82) is 0 Å². The Morgan fingerprint density at radius 1 is 0.816 bits per heavy atom. The van der Waals surface area contributed by atoms with Crippen molar-refractivity contribution in [2.45, 2.75) is 77.4 Å². The van der Waals surface area contributed by atoms with Crippen molar-refractivity contribution in [3.05, 3.63) is 114 Å². The van der Waals surface area contributed by atoms with Crippen molar-refractivity contribution in [2.75, 3.05) is 30.3 Å². The molecule has 0 fully saturated rings. The summed E-state index contributed by atoms with van der Waals surface area (Å²) in [6.07, 6.45) is 1.37. The summed E-state index contributed by atoms with van der Waals surface area (Å²) in [4.78, 5) is 11.5. The van der Waals surface area contributed by atoms with Crippen molar-refractivity contribution in [3.63, 3.8) is 0 Å². The summed E-state index contributed by atoms with van der Waals surface area (Å²) in [6, 6.07) is 32.3. The average molecular weight is 683 g/mol. The van der Waals surface area contributed by atoms with Gasteiger partial charge >= 0.3 is 0 Å². The van der Waals surface area contributed by atoms with Gasteiger partial charge in [-0.25, -0.2) is 0 Å². The number of nitrogens with two attached hydrogens (primary N) is 1. The molecule has 0 bridgehead atoms. The predicted molar refractivity (Wildman–Crippen MR) is 204 cm³/mol. The number of anilines is 3. The molecular weight excluding hydrogens is 629 g/mol. The molecule has 4 aromatic carbocycles. The molecule has 0 aliphatic carbocycles. The lowest BCUT2D eigenvalue weighted by Crippen LogP contribution is -2.43. The van der Waals surface area contributed by atoms with Gasteiger partial charge in [-0.05, 0) is 110 Å². The molecule has 4 aromatic rings. The second-order valence-corrected chi connectivity index (χ2v) is 19.5. The normalized spacial score (nSPS) is 12.7. The van der Waals surface area contributed by atoms with Crippen LogP contribution in [0.5, 0.6) is 11.5 Å². The summed E-state index contributed by atoms with van der Waals surface area (Å²) in [5.74, 6) is 1.42. The van der Waals surface area contributed by atoms with Crippen LogP contribution in [0.4, 0.5) is 17.1 Å². The minimum atomic E-state index is -2.12. The lowest BCUT2D eigenvalue weighted by atomic mass is 10.1. The third-order valence-corrected chi connectivity index (χ3v) is 13.2. The Morgan fingerprint density at radius 2 is 1.47 bits per heavy atom. The molecule has 1 atom stereocenters. The Morgan fingerprint density at radius 3 is 2.08 bits per heavy atom. The van der Waals surface area contributed by atoms with Gasteiger partial charge in [-0.3, -0.25) is 4.79 Å². The molecule has 9 heteroatoms. The van der Waals surface area contributed by atoms with Crippen molar-refractivity contribution >= 4 is 31.8 Å². The largest absolute Gasteiger partial charge is 0.492 e. The number of rotatable bonds is 18. The maximum Gasteiger partial charge on any atom is 0.211 e. The summed E-state index contributed by atoms with van der Waals surface area (Å²) in [6.45, 7) is 17.5. The quantitative estimate of drug-likeness (QED) is 0.0473. The van der Waals surface area contributed by atoms with Gasteiger partial charge in [0.25, 0.3) is 0 Å². The van der Waals surface area contributed by atoms with Crippen LogP contribution in [0.2, 0.25) is 18.1 Å². The Kier molecular flexibility index (Phi) is 13.1. The SMILES string of the molecule is CC(C)(N)COc1ccc(Nc2ccc(CCNC[C@H](O[Si](C)(C)C(C)(C)C)c3ccc(OCc4ccccc4)c(NC=O)c3)cc2)cc1. The van der Waals surface area contributed by atoms with Gasteiger partial charge in [-0.1, -0.05) is 69.3 Å². The molecule has 49 heavy (non-hydrogen) atoms. The van der Waals surface area contributed by atoms with Crippen LogP contribution in [-0.2, 0) is 22.2 Å². The van der Waals surface area contributed by atoms with E-state index in [4.69, 9.17) is 19.6 Å². The molecule has 0 heterocycles. The van der Waals surface area contributed by atoms with Gasteiger partial charge in [-0.15, -0.1) is 0 Å². The van der Waals surface area contributed by atoms with E-state index in [1.807, 2.05) is 86.6 Å². The number of hydrogen-bond donors (Lipinski definition) is 4. The van der Waals surface area contributed by atoms with Gasteiger partial charge in [0, 0.05) is 23.5 Å². The van der Waals surface area contributed by atoms with E-state index < -0.39 is 8.32 Å². The minimum absolute atomic E-state index is 0.0428. The molecule has 8 nitrogen and oxygen atoms in total. The molecule has 1 amide bonds. The number of ether oxygens (including phenoxy) is 2. The molecule has 0 aliphatic heterocycles. The van der Waals surface area contributed by atoms with Gasteiger partial charge in [0.2, 0.25) is 6.41 Å². The van der Waals surface area contributed by atoms with E-state index in [1.165, 1.54) is 5.56 Å². The minimum Gasteiger partial charge on any atom is -0.492 e. The van der Waals surface area contributed by atoms with Crippen LogP contribution in [0.1, 0.15) is 57.4 Å². The maximum absolute atomic E-state index is 11.5. The van der Waals surface area contributed by atoms with Crippen LogP contribution < -0.4 is 31.2 Å². The summed E-state index contributed by atoms with van der Waals surface area (Å²) < 4.78 is 18.8. The summed E-state index contributed by atoms with van der Waals surface area (Å²) in [5.41, 5.74) is 11.6. The fourth-order valence-corrected chi connectivity index (χ4v) is 6.12.